The van der Waals surface area contributed by atoms with Crippen LogP contribution in [-0.2, 0) is 30.8 Å². The molecule has 0 spiro atoms. The minimum atomic E-state index is -0.529. The van der Waals surface area contributed by atoms with Crippen molar-refractivity contribution >= 4 is 22.6 Å². The quantitative estimate of drug-likeness (QED) is 0.401. The number of hydrogen-bond acceptors (Lipinski definition) is 5. The van der Waals surface area contributed by atoms with Crippen LogP contribution >= 0.6 is 0 Å². The normalized spacial score (nSPS) is 11.1. The fraction of sp³-hybridized carbons (Fsp3) is 0.308. The molecule has 0 aliphatic carbocycles. The van der Waals surface area contributed by atoms with Gasteiger partial charge in [0, 0.05) is 18.8 Å². The average Bonchev–Trinajstić information content (AvgIpc) is 3.20. The molecule has 2 aromatic carbocycles. The second kappa shape index (κ2) is 10.4. The number of amides is 1. The Bertz CT molecular complexity index is 1450. The maximum Gasteiger partial charge on any atom is 0.332 e. The number of carbonyl (C=O) groups is 1. The highest BCUT2D eigenvalue weighted by atomic mass is 16.5. The fourth-order valence-corrected chi connectivity index (χ4v) is 4.17. The Hall–Kier alpha value is -4.14. The van der Waals surface area contributed by atoms with Crippen molar-refractivity contribution in [3.63, 3.8) is 0 Å². The number of rotatable bonds is 9. The number of hydrogen-bond donors (Lipinski definition) is 1. The lowest BCUT2D eigenvalue weighted by Crippen LogP contribution is -2.42. The van der Waals surface area contributed by atoms with E-state index in [9.17, 15) is 14.4 Å². The molecule has 1 amide bonds. The summed E-state index contributed by atoms with van der Waals surface area (Å²) in [4.78, 5) is 39.8. The third-order valence-electron chi connectivity index (χ3n) is 5.79. The fourth-order valence-electron chi connectivity index (χ4n) is 4.17. The molecular formula is C26H29N5O4. The number of carbonyl (C=O) groups excluding carboxylic acids is 1. The first-order valence-corrected chi connectivity index (χ1v) is 11.7. The minimum Gasteiger partial charge on any atom is -0.494 e. The number of ether oxygens (including phenoxy) is 1. The molecule has 0 aliphatic rings. The summed E-state index contributed by atoms with van der Waals surface area (Å²) in [6.45, 7) is 6.49. The molecular weight excluding hydrogens is 446 g/mol. The summed E-state index contributed by atoms with van der Waals surface area (Å²) in [7, 11) is 0. The Morgan fingerprint density at radius 1 is 0.971 bits per heavy atom. The number of nitrogens with one attached hydrogen (secondary N) is 1. The predicted octanol–water partition coefficient (Wildman–Crippen LogP) is 2.97. The Labute approximate surface area is 202 Å². The Kier molecular flexibility index (Phi) is 7.14. The van der Waals surface area contributed by atoms with Gasteiger partial charge in [-0.1, -0.05) is 30.3 Å². The smallest absolute Gasteiger partial charge is 0.332 e. The number of aromatic nitrogens is 4. The second-order valence-corrected chi connectivity index (χ2v) is 8.17. The SMILES string of the molecule is CCOc1ccc(NC(=O)Cn2c(=O)n(CCc3ccccc3)c(=O)c3c2c(C)nn3CC)cc1. The number of benzene rings is 2. The Morgan fingerprint density at radius 3 is 2.34 bits per heavy atom. The molecule has 0 saturated carbocycles. The second-order valence-electron chi connectivity index (χ2n) is 8.17. The first-order valence-electron chi connectivity index (χ1n) is 11.7. The number of nitrogens with zero attached hydrogens (tertiary/aromatic N) is 4. The van der Waals surface area contributed by atoms with Crippen molar-refractivity contribution in [3.05, 3.63) is 86.7 Å². The molecule has 9 nitrogen and oxygen atoms in total. The van der Waals surface area contributed by atoms with E-state index in [1.165, 1.54) is 9.13 Å². The van der Waals surface area contributed by atoms with Gasteiger partial charge in [-0.3, -0.25) is 23.4 Å². The number of anilines is 1. The van der Waals surface area contributed by atoms with Gasteiger partial charge in [0.15, 0.2) is 5.52 Å². The summed E-state index contributed by atoms with van der Waals surface area (Å²) >= 11 is 0. The number of fused-ring (bicyclic) bond motifs is 1. The van der Waals surface area contributed by atoms with Crippen molar-refractivity contribution in [1.29, 1.82) is 0 Å². The molecule has 35 heavy (non-hydrogen) atoms. The number of aryl methyl sites for hydroxylation is 3. The zero-order valence-electron chi connectivity index (χ0n) is 20.2. The van der Waals surface area contributed by atoms with Gasteiger partial charge < -0.3 is 10.1 Å². The molecule has 4 aromatic rings. The van der Waals surface area contributed by atoms with E-state index in [0.717, 1.165) is 5.56 Å². The molecule has 2 aromatic heterocycles. The first kappa shape index (κ1) is 24.0. The predicted molar refractivity (Wildman–Crippen MR) is 135 cm³/mol. The molecule has 2 heterocycles. The summed E-state index contributed by atoms with van der Waals surface area (Å²) in [6.07, 6.45) is 0.513. The van der Waals surface area contributed by atoms with E-state index in [1.807, 2.05) is 44.2 Å². The molecule has 0 saturated heterocycles. The summed E-state index contributed by atoms with van der Waals surface area (Å²) in [6, 6.07) is 16.7. The van der Waals surface area contributed by atoms with Crippen molar-refractivity contribution in [2.45, 2.75) is 46.8 Å². The van der Waals surface area contributed by atoms with Gasteiger partial charge in [0.2, 0.25) is 5.91 Å². The summed E-state index contributed by atoms with van der Waals surface area (Å²) in [5.74, 6) is 0.325. The van der Waals surface area contributed by atoms with Crippen LogP contribution in [0.25, 0.3) is 11.0 Å². The Morgan fingerprint density at radius 2 is 1.69 bits per heavy atom. The lowest BCUT2D eigenvalue weighted by Gasteiger charge is -2.13. The maximum atomic E-state index is 13.5. The summed E-state index contributed by atoms with van der Waals surface area (Å²) in [5, 5.41) is 7.26. The van der Waals surface area contributed by atoms with Gasteiger partial charge in [-0.25, -0.2) is 4.79 Å². The van der Waals surface area contributed by atoms with Gasteiger partial charge >= 0.3 is 5.69 Å². The molecule has 0 bridgehead atoms. The largest absolute Gasteiger partial charge is 0.494 e. The van der Waals surface area contributed by atoms with Gasteiger partial charge in [0.05, 0.1) is 12.3 Å². The van der Waals surface area contributed by atoms with E-state index >= 15 is 0 Å². The standard InChI is InChI=1S/C26H29N5O4/c1-4-31-24-23(18(3)28-31)30(17-22(32)27-20-11-13-21(14-12-20)35-5-2)26(34)29(25(24)33)16-15-19-9-7-6-8-10-19/h6-14H,4-5,15-17H2,1-3H3,(H,27,32). The zero-order chi connectivity index (χ0) is 24.9. The van der Waals surface area contributed by atoms with Crippen LogP contribution in [0.2, 0.25) is 0 Å². The van der Waals surface area contributed by atoms with Gasteiger partial charge in [-0.05, 0) is 57.0 Å². The van der Waals surface area contributed by atoms with E-state index in [-0.39, 0.29) is 19.0 Å². The monoisotopic (exact) mass is 475 g/mol. The van der Waals surface area contributed by atoms with E-state index in [4.69, 9.17) is 4.74 Å². The molecule has 9 heteroatoms. The third kappa shape index (κ3) is 5.03. The highest BCUT2D eigenvalue weighted by Crippen LogP contribution is 2.17. The van der Waals surface area contributed by atoms with Crippen LogP contribution in [-0.4, -0.2) is 31.4 Å². The van der Waals surface area contributed by atoms with Crippen molar-refractivity contribution in [2.24, 2.45) is 0 Å². The molecule has 0 fully saturated rings. The minimum absolute atomic E-state index is 0.200. The Balaban J connectivity index is 1.70. The van der Waals surface area contributed by atoms with Crippen LogP contribution < -0.4 is 21.3 Å². The molecule has 0 atom stereocenters. The molecule has 4 rings (SSSR count). The molecule has 1 N–H and O–H groups in total. The van der Waals surface area contributed by atoms with Crippen molar-refractivity contribution in [2.75, 3.05) is 11.9 Å². The molecule has 0 aliphatic heterocycles. The summed E-state index contributed by atoms with van der Waals surface area (Å²) in [5.41, 5.74) is 1.91. The van der Waals surface area contributed by atoms with Crippen LogP contribution in [0.1, 0.15) is 25.1 Å². The van der Waals surface area contributed by atoms with Crippen molar-refractivity contribution < 1.29 is 9.53 Å². The first-order chi connectivity index (χ1) is 16.9. The van der Waals surface area contributed by atoms with E-state index in [1.54, 1.807) is 35.9 Å². The maximum absolute atomic E-state index is 13.5. The van der Waals surface area contributed by atoms with Gasteiger partial charge in [0.25, 0.3) is 5.56 Å². The van der Waals surface area contributed by atoms with Gasteiger partial charge in [0.1, 0.15) is 17.8 Å². The third-order valence-corrected chi connectivity index (χ3v) is 5.79. The van der Waals surface area contributed by atoms with Crippen LogP contribution in [0, 0.1) is 6.92 Å². The topological polar surface area (TPSA) is 100 Å². The van der Waals surface area contributed by atoms with Crippen LogP contribution in [0.4, 0.5) is 5.69 Å². The molecule has 0 unspecified atom stereocenters. The highest BCUT2D eigenvalue weighted by molar-refractivity contribution is 5.91. The van der Waals surface area contributed by atoms with E-state index in [2.05, 4.69) is 10.4 Å². The van der Waals surface area contributed by atoms with Crippen LogP contribution in [0.5, 0.6) is 5.75 Å². The highest BCUT2D eigenvalue weighted by Gasteiger charge is 2.21. The van der Waals surface area contributed by atoms with Crippen molar-refractivity contribution in [3.8, 4) is 5.75 Å². The van der Waals surface area contributed by atoms with Gasteiger partial charge in [-0.2, -0.15) is 5.10 Å². The lowest BCUT2D eigenvalue weighted by molar-refractivity contribution is -0.116. The van der Waals surface area contributed by atoms with E-state index < -0.39 is 11.2 Å². The van der Waals surface area contributed by atoms with Gasteiger partial charge in [-0.15, -0.1) is 0 Å². The lowest BCUT2D eigenvalue weighted by atomic mass is 10.1. The van der Waals surface area contributed by atoms with Crippen LogP contribution in [0.15, 0.2) is 64.2 Å². The van der Waals surface area contributed by atoms with Crippen LogP contribution in [0.3, 0.4) is 0 Å². The zero-order valence-corrected chi connectivity index (χ0v) is 20.2. The molecule has 182 valence electrons. The van der Waals surface area contributed by atoms with E-state index in [0.29, 0.717) is 47.7 Å². The molecule has 0 radical (unpaired) electrons. The summed E-state index contributed by atoms with van der Waals surface area (Å²) < 4.78 is 9.57. The average molecular weight is 476 g/mol. The van der Waals surface area contributed by atoms with Crippen molar-refractivity contribution in [1.82, 2.24) is 18.9 Å².